The number of alkyl halides is 2. The summed E-state index contributed by atoms with van der Waals surface area (Å²) < 4.78 is 26.8. The molecule has 0 aliphatic heterocycles. The van der Waals surface area contributed by atoms with Crippen molar-refractivity contribution in [3.63, 3.8) is 0 Å². The lowest BCUT2D eigenvalue weighted by molar-refractivity contribution is 0.120. The van der Waals surface area contributed by atoms with E-state index in [0.29, 0.717) is 5.92 Å². The molecule has 2 nitrogen and oxygen atoms in total. The van der Waals surface area contributed by atoms with Crippen LogP contribution < -0.4 is 0 Å². The number of aromatic nitrogens is 2. The Morgan fingerprint density at radius 1 is 0.944 bits per heavy atom. The molecular weight excluding hydrogens is 234 g/mol. The van der Waals surface area contributed by atoms with Gasteiger partial charge in [-0.2, -0.15) is 5.10 Å². The van der Waals surface area contributed by atoms with Gasteiger partial charge in [-0.1, -0.05) is 41.5 Å². The van der Waals surface area contributed by atoms with E-state index in [1.807, 2.05) is 13.8 Å². The molecule has 0 aromatic carbocycles. The largest absolute Gasteiger partial charge is 0.263 e. The van der Waals surface area contributed by atoms with Crippen molar-refractivity contribution in [2.24, 2.45) is 0 Å². The molecule has 18 heavy (non-hydrogen) atoms. The summed E-state index contributed by atoms with van der Waals surface area (Å²) >= 11 is 0. The topological polar surface area (TPSA) is 17.8 Å². The van der Waals surface area contributed by atoms with E-state index in [-0.39, 0.29) is 18.4 Å². The molecule has 1 rings (SSSR count). The highest BCUT2D eigenvalue weighted by Crippen LogP contribution is 2.33. The van der Waals surface area contributed by atoms with E-state index in [0.717, 1.165) is 17.0 Å². The van der Waals surface area contributed by atoms with Crippen molar-refractivity contribution in [1.29, 1.82) is 0 Å². The van der Waals surface area contributed by atoms with Crippen LogP contribution in [-0.2, 0) is 6.54 Å². The quantitative estimate of drug-likeness (QED) is 0.759. The van der Waals surface area contributed by atoms with E-state index >= 15 is 0 Å². The first kappa shape index (κ1) is 15.1. The fourth-order valence-electron chi connectivity index (χ4n) is 2.40. The van der Waals surface area contributed by atoms with Gasteiger partial charge in [0, 0.05) is 5.69 Å². The molecule has 1 heterocycles. The molecular formula is C14H24F2N2. The molecule has 1 aromatic heterocycles. The Morgan fingerprint density at radius 3 is 1.83 bits per heavy atom. The van der Waals surface area contributed by atoms with Gasteiger partial charge in [-0.3, -0.25) is 4.68 Å². The highest BCUT2D eigenvalue weighted by molar-refractivity contribution is 5.33. The molecule has 0 saturated heterocycles. The molecule has 0 atom stereocenters. The minimum Gasteiger partial charge on any atom is -0.263 e. The van der Waals surface area contributed by atoms with Crippen molar-refractivity contribution in [2.75, 3.05) is 0 Å². The van der Waals surface area contributed by atoms with Crippen LogP contribution in [0.3, 0.4) is 0 Å². The highest BCUT2D eigenvalue weighted by atomic mass is 19.3. The minimum atomic E-state index is -2.36. The number of hydrogen-bond acceptors (Lipinski definition) is 1. The second-order valence-corrected chi connectivity index (χ2v) is 5.72. The summed E-state index contributed by atoms with van der Waals surface area (Å²) in [6.07, 6.45) is -2.36. The number of nitrogens with zero attached hydrogens (tertiary/aromatic N) is 2. The van der Waals surface area contributed by atoms with Crippen molar-refractivity contribution in [1.82, 2.24) is 9.78 Å². The monoisotopic (exact) mass is 258 g/mol. The highest BCUT2D eigenvalue weighted by Gasteiger charge is 2.24. The molecule has 0 spiro atoms. The normalized spacial score (nSPS) is 12.4. The summed E-state index contributed by atoms with van der Waals surface area (Å²) in [5.41, 5.74) is 3.09. The van der Waals surface area contributed by atoms with E-state index in [4.69, 9.17) is 0 Å². The third kappa shape index (κ3) is 3.09. The molecule has 1 aromatic rings. The van der Waals surface area contributed by atoms with Gasteiger partial charge in [0.1, 0.15) is 6.54 Å². The van der Waals surface area contributed by atoms with Gasteiger partial charge >= 0.3 is 0 Å². The van der Waals surface area contributed by atoms with Gasteiger partial charge in [-0.15, -0.1) is 0 Å². The predicted molar refractivity (Wildman–Crippen MR) is 70.5 cm³/mol. The summed E-state index contributed by atoms with van der Waals surface area (Å²) in [5.74, 6) is 0.784. The Labute approximate surface area is 108 Å². The zero-order valence-corrected chi connectivity index (χ0v) is 12.2. The van der Waals surface area contributed by atoms with Gasteiger partial charge in [0.25, 0.3) is 6.43 Å². The number of halogens is 2. The first-order chi connectivity index (χ1) is 8.25. The molecule has 4 heteroatoms. The molecule has 0 amide bonds. The third-order valence-corrected chi connectivity index (χ3v) is 3.04. The summed E-state index contributed by atoms with van der Waals surface area (Å²) in [6.45, 7) is 12.1. The SMILES string of the molecule is CC(C)c1nn(CC(F)F)c(C(C)C)c1C(C)C. The molecule has 0 fully saturated rings. The van der Waals surface area contributed by atoms with Crippen molar-refractivity contribution in [3.8, 4) is 0 Å². The fraction of sp³-hybridized carbons (Fsp3) is 0.786. The van der Waals surface area contributed by atoms with Gasteiger partial charge in [-0.25, -0.2) is 8.78 Å². The van der Waals surface area contributed by atoms with Crippen LogP contribution in [0.2, 0.25) is 0 Å². The van der Waals surface area contributed by atoms with Gasteiger partial charge < -0.3 is 0 Å². The molecule has 0 N–H and O–H groups in total. The van der Waals surface area contributed by atoms with E-state index in [1.165, 1.54) is 4.68 Å². The van der Waals surface area contributed by atoms with E-state index in [1.54, 1.807) is 0 Å². The zero-order chi connectivity index (χ0) is 14.0. The predicted octanol–water partition coefficient (Wildman–Crippen LogP) is 4.52. The van der Waals surface area contributed by atoms with Crippen LogP contribution in [0.15, 0.2) is 0 Å². The zero-order valence-electron chi connectivity index (χ0n) is 12.2. The first-order valence-electron chi connectivity index (χ1n) is 6.64. The van der Waals surface area contributed by atoms with Crippen LogP contribution in [0.1, 0.15) is 76.2 Å². The molecule has 0 aliphatic carbocycles. The fourth-order valence-corrected chi connectivity index (χ4v) is 2.40. The first-order valence-corrected chi connectivity index (χ1v) is 6.64. The van der Waals surface area contributed by atoms with Gasteiger partial charge in [0.15, 0.2) is 0 Å². The minimum absolute atomic E-state index is 0.209. The third-order valence-electron chi connectivity index (χ3n) is 3.04. The van der Waals surface area contributed by atoms with Crippen LogP contribution in [0, 0.1) is 0 Å². The van der Waals surface area contributed by atoms with Crippen LogP contribution in [0.5, 0.6) is 0 Å². The van der Waals surface area contributed by atoms with Gasteiger partial charge in [0.2, 0.25) is 0 Å². The Bertz CT molecular complexity index is 393. The van der Waals surface area contributed by atoms with Crippen molar-refractivity contribution < 1.29 is 8.78 Å². The van der Waals surface area contributed by atoms with Gasteiger partial charge in [-0.05, 0) is 23.3 Å². The maximum atomic E-state index is 12.6. The molecule has 0 saturated carbocycles. The van der Waals surface area contributed by atoms with E-state index in [9.17, 15) is 8.78 Å². The summed E-state index contributed by atoms with van der Waals surface area (Å²) in [4.78, 5) is 0. The second kappa shape index (κ2) is 5.81. The van der Waals surface area contributed by atoms with Crippen LogP contribution >= 0.6 is 0 Å². The lowest BCUT2D eigenvalue weighted by Gasteiger charge is -2.15. The lowest BCUT2D eigenvalue weighted by Crippen LogP contribution is -2.13. The Balaban J connectivity index is 3.39. The standard InChI is InChI=1S/C14H24F2N2/c1-8(2)12-13(9(3)4)17-18(7-11(15)16)14(12)10(5)6/h8-11H,7H2,1-6H3. The summed E-state index contributed by atoms with van der Waals surface area (Å²) in [7, 11) is 0. The van der Waals surface area contributed by atoms with Crippen molar-refractivity contribution in [2.45, 2.75) is 72.3 Å². The van der Waals surface area contributed by atoms with Gasteiger partial charge in [0.05, 0.1) is 5.69 Å². The van der Waals surface area contributed by atoms with Crippen molar-refractivity contribution >= 4 is 0 Å². The second-order valence-electron chi connectivity index (χ2n) is 5.72. The Hall–Kier alpha value is -0.930. The Morgan fingerprint density at radius 2 is 1.50 bits per heavy atom. The maximum Gasteiger partial charge on any atom is 0.257 e. The molecule has 0 bridgehead atoms. The van der Waals surface area contributed by atoms with E-state index in [2.05, 4.69) is 32.8 Å². The number of rotatable bonds is 5. The molecule has 104 valence electrons. The van der Waals surface area contributed by atoms with Crippen LogP contribution in [-0.4, -0.2) is 16.2 Å². The van der Waals surface area contributed by atoms with Crippen molar-refractivity contribution in [3.05, 3.63) is 17.0 Å². The van der Waals surface area contributed by atoms with Crippen LogP contribution in [0.4, 0.5) is 8.78 Å². The molecule has 0 radical (unpaired) electrons. The lowest BCUT2D eigenvalue weighted by atomic mass is 9.91. The van der Waals surface area contributed by atoms with E-state index < -0.39 is 6.43 Å². The maximum absolute atomic E-state index is 12.6. The number of hydrogen-bond donors (Lipinski definition) is 0. The Kier molecular flexibility index (Phi) is 4.88. The molecule has 0 unspecified atom stereocenters. The molecule has 0 aliphatic rings. The smallest absolute Gasteiger partial charge is 0.257 e. The summed E-state index contributed by atoms with van der Waals surface area (Å²) in [5, 5.41) is 4.43. The summed E-state index contributed by atoms with van der Waals surface area (Å²) in [6, 6.07) is 0. The average molecular weight is 258 g/mol. The van der Waals surface area contributed by atoms with Crippen LogP contribution in [0.25, 0.3) is 0 Å². The average Bonchev–Trinajstić information content (AvgIpc) is 2.55.